The molecule has 0 radical (unpaired) electrons. The molecule has 1 aromatic carbocycles. The Morgan fingerprint density at radius 1 is 1.39 bits per heavy atom. The van der Waals surface area contributed by atoms with Crippen LogP contribution in [0.3, 0.4) is 0 Å². The highest BCUT2D eigenvalue weighted by atomic mass is 16.6. The van der Waals surface area contributed by atoms with E-state index < -0.39 is 6.10 Å². The average Bonchev–Trinajstić information content (AvgIpc) is 2.38. The summed E-state index contributed by atoms with van der Waals surface area (Å²) in [5.74, 6) is 0.408. The molecule has 1 rings (SSSR count). The Labute approximate surface area is 108 Å². The Bertz CT molecular complexity index is 398. The molecule has 0 fully saturated rings. The summed E-state index contributed by atoms with van der Waals surface area (Å²) in [5.41, 5.74) is 1.02. The molecular formula is C15H20O3. The van der Waals surface area contributed by atoms with E-state index >= 15 is 0 Å². The van der Waals surface area contributed by atoms with Crippen LogP contribution in [-0.2, 0) is 16.0 Å². The van der Waals surface area contributed by atoms with E-state index in [1.165, 1.54) is 0 Å². The van der Waals surface area contributed by atoms with Crippen molar-refractivity contribution >= 4 is 5.97 Å². The highest BCUT2D eigenvalue weighted by molar-refractivity contribution is 5.75. The van der Waals surface area contributed by atoms with Gasteiger partial charge in [-0.05, 0) is 31.4 Å². The normalized spacial score (nSPS) is 11.7. The maximum atomic E-state index is 11.7. The van der Waals surface area contributed by atoms with Crippen LogP contribution in [0.2, 0.25) is 0 Å². The maximum absolute atomic E-state index is 11.7. The lowest BCUT2D eigenvalue weighted by Gasteiger charge is -2.18. The molecule has 0 aliphatic carbocycles. The minimum absolute atomic E-state index is 0.312. The maximum Gasteiger partial charge on any atom is 0.347 e. The molecule has 0 aliphatic rings. The molecule has 18 heavy (non-hydrogen) atoms. The van der Waals surface area contributed by atoms with E-state index in [0.29, 0.717) is 13.0 Å². The highest BCUT2D eigenvalue weighted by Crippen LogP contribution is 2.21. The zero-order valence-electron chi connectivity index (χ0n) is 11.0. The molecule has 0 bridgehead atoms. The predicted octanol–water partition coefficient (Wildman–Crippen LogP) is 3.14. The predicted molar refractivity (Wildman–Crippen MR) is 71.7 cm³/mol. The van der Waals surface area contributed by atoms with Crippen molar-refractivity contribution in [2.24, 2.45) is 0 Å². The number of hydrogen-bond donors (Lipinski definition) is 0. The Hall–Kier alpha value is -1.77. The Balaban J connectivity index is 2.80. The van der Waals surface area contributed by atoms with Gasteiger partial charge in [-0.25, -0.2) is 4.79 Å². The molecule has 3 nitrogen and oxygen atoms in total. The third-order valence-corrected chi connectivity index (χ3v) is 2.53. The van der Waals surface area contributed by atoms with Crippen LogP contribution < -0.4 is 4.74 Å². The van der Waals surface area contributed by atoms with Crippen LogP contribution in [0.1, 0.15) is 25.8 Å². The summed E-state index contributed by atoms with van der Waals surface area (Å²) in [6.07, 6.45) is 2.57. The number of ether oxygens (including phenoxy) is 2. The molecule has 98 valence electrons. The lowest BCUT2D eigenvalue weighted by molar-refractivity contribution is -0.151. The van der Waals surface area contributed by atoms with Crippen LogP contribution in [0, 0.1) is 0 Å². The SMILES string of the molecule is C=CCc1ccccc1OC(CC)C(=O)OCC. The first-order chi connectivity index (χ1) is 8.72. The molecule has 0 spiro atoms. The number of rotatable bonds is 7. The quantitative estimate of drug-likeness (QED) is 0.549. The second kappa shape index (κ2) is 7.54. The van der Waals surface area contributed by atoms with Gasteiger partial charge in [0, 0.05) is 0 Å². The molecule has 0 aliphatic heterocycles. The van der Waals surface area contributed by atoms with Gasteiger partial charge < -0.3 is 9.47 Å². The largest absolute Gasteiger partial charge is 0.478 e. The first-order valence-electron chi connectivity index (χ1n) is 6.25. The van der Waals surface area contributed by atoms with E-state index in [4.69, 9.17) is 9.47 Å². The molecule has 0 saturated carbocycles. The summed E-state index contributed by atoms with van der Waals surface area (Å²) < 4.78 is 10.7. The standard InChI is InChI=1S/C15H20O3/c1-4-9-12-10-7-8-11-14(12)18-13(5-2)15(16)17-6-3/h4,7-8,10-11,13H,1,5-6,9H2,2-3H3. The molecule has 0 heterocycles. The summed E-state index contributed by atoms with van der Waals surface area (Å²) in [6, 6.07) is 7.66. The van der Waals surface area contributed by atoms with Crippen LogP contribution in [-0.4, -0.2) is 18.7 Å². The van der Waals surface area contributed by atoms with Crippen LogP contribution in [0.4, 0.5) is 0 Å². The number of carbonyl (C=O) groups is 1. The van der Waals surface area contributed by atoms with Crippen LogP contribution >= 0.6 is 0 Å². The number of benzene rings is 1. The zero-order valence-corrected chi connectivity index (χ0v) is 11.0. The van der Waals surface area contributed by atoms with Gasteiger partial charge in [-0.1, -0.05) is 31.2 Å². The molecular weight excluding hydrogens is 228 g/mol. The Kier molecular flexibility index (Phi) is 5.98. The highest BCUT2D eigenvalue weighted by Gasteiger charge is 2.20. The molecule has 1 atom stereocenters. The molecule has 0 saturated heterocycles. The third kappa shape index (κ3) is 3.91. The van der Waals surface area contributed by atoms with Gasteiger partial charge in [-0.3, -0.25) is 0 Å². The van der Waals surface area contributed by atoms with Gasteiger partial charge in [0.05, 0.1) is 6.61 Å². The van der Waals surface area contributed by atoms with Crippen molar-refractivity contribution in [2.75, 3.05) is 6.61 Å². The van der Waals surface area contributed by atoms with Crippen LogP contribution in [0.5, 0.6) is 5.75 Å². The fourth-order valence-corrected chi connectivity index (χ4v) is 1.63. The summed E-state index contributed by atoms with van der Waals surface area (Å²) in [4.78, 5) is 11.7. The van der Waals surface area contributed by atoms with Gasteiger partial charge in [0.25, 0.3) is 0 Å². The summed E-state index contributed by atoms with van der Waals surface area (Å²) in [6.45, 7) is 7.77. The lowest BCUT2D eigenvalue weighted by Crippen LogP contribution is -2.29. The van der Waals surface area contributed by atoms with Crippen molar-refractivity contribution in [1.82, 2.24) is 0 Å². The molecule has 3 heteroatoms. The van der Waals surface area contributed by atoms with Gasteiger partial charge in [0.1, 0.15) is 5.75 Å². The van der Waals surface area contributed by atoms with E-state index in [1.807, 2.05) is 37.3 Å². The summed E-state index contributed by atoms with van der Waals surface area (Å²) in [5, 5.41) is 0. The van der Waals surface area contributed by atoms with Crippen molar-refractivity contribution in [3.8, 4) is 5.75 Å². The zero-order chi connectivity index (χ0) is 13.4. The second-order valence-electron chi connectivity index (χ2n) is 3.87. The van der Waals surface area contributed by atoms with Crippen molar-refractivity contribution in [3.05, 3.63) is 42.5 Å². The molecule has 1 aromatic rings. The third-order valence-electron chi connectivity index (χ3n) is 2.53. The smallest absolute Gasteiger partial charge is 0.347 e. The summed E-state index contributed by atoms with van der Waals surface area (Å²) >= 11 is 0. The van der Waals surface area contributed by atoms with E-state index in [1.54, 1.807) is 6.92 Å². The van der Waals surface area contributed by atoms with Gasteiger partial charge in [0.2, 0.25) is 0 Å². The van der Waals surface area contributed by atoms with Crippen molar-refractivity contribution in [1.29, 1.82) is 0 Å². The first kappa shape index (κ1) is 14.3. The van der Waals surface area contributed by atoms with Gasteiger partial charge in [-0.2, -0.15) is 0 Å². The van der Waals surface area contributed by atoms with E-state index in [9.17, 15) is 4.79 Å². The fourth-order valence-electron chi connectivity index (χ4n) is 1.63. The van der Waals surface area contributed by atoms with E-state index in [2.05, 4.69) is 6.58 Å². The van der Waals surface area contributed by atoms with Crippen LogP contribution in [0.15, 0.2) is 36.9 Å². The lowest BCUT2D eigenvalue weighted by atomic mass is 10.1. The number of para-hydroxylation sites is 1. The van der Waals surface area contributed by atoms with E-state index in [-0.39, 0.29) is 5.97 Å². The Morgan fingerprint density at radius 2 is 2.11 bits per heavy atom. The molecule has 0 N–H and O–H groups in total. The average molecular weight is 248 g/mol. The monoisotopic (exact) mass is 248 g/mol. The molecule has 0 aromatic heterocycles. The Morgan fingerprint density at radius 3 is 2.72 bits per heavy atom. The van der Waals surface area contributed by atoms with Gasteiger partial charge in [0.15, 0.2) is 6.10 Å². The van der Waals surface area contributed by atoms with Crippen molar-refractivity contribution < 1.29 is 14.3 Å². The van der Waals surface area contributed by atoms with Crippen molar-refractivity contribution in [2.45, 2.75) is 32.8 Å². The molecule has 1 unspecified atom stereocenters. The van der Waals surface area contributed by atoms with Crippen molar-refractivity contribution in [3.63, 3.8) is 0 Å². The first-order valence-corrected chi connectivity index (χ1v) is 6.25. The topological polar surface area (TPSA) is 35.5 Å². The van der Waals surface area contributed by atoms with Gasteiger partial charge >= 0.3 is 5.97 Å². The van der Waals surface area contributed by atoms with Crippen LogP contribution in [0.25, 0.3) is 0 Å². The number of hydrogen-bond acceptors (Lipinski definition) is 3. The second-order valence-corrected chi connectivity index (χ2v) is 3.87. The fraction of sp³-hybridized carbons (Fsp3) is 0.400. The number of allylic oxidation sites excluding steroid dienone is 1. The number of carbonyl (C=O) groups excluding carboxylic acids is 1. The number of esters is 1. The van der Waals surface area contributed by atoms with E-state index in [0.717, 1.165) is 17.7 Å². The minimum atomic E-state index is -0.545. The van der Waals surface area contributed by atoms with Gasteiger partial charge in [-0.15, -0.1) is 6.58 Å². The summed E-state index contributed by atoms with van der Waals surface area (Å²) in [7, 11) is 0. The molecule has 0 amide bonds. The minimum Gasteiger partial charge on any atom is -0.478 e.